The number of benzene rings is 2. The molecule has 2 N–H and O–H groups in total. The van der Waals surface area contributed by atoms with Gasteiger partial charge in [-0.3, -0.25) is 4.99 Å². The summed E-state index contributed by atoms with van der Waals surface area (Å²) in [7, 11) is 3.40. The molecule has 1 aromatic heterocycles. The average molecular weight is 518 g/mol. The van der Waals surface area contributed by atoms with Gasteiger partial charge in [-0.2, -0.15) is 0 Å². The number of rotatable bonds is 8. The Balaban J connectivity index is 0.00000320. The smallest absolute Gasteiger partial charge is 0.219 e. The summed E-state index contributed by atoms with van der Waals surface area (Å²) < 4.78 is 10.9. The number of methoxy groups -OCH3 is 1. The number of guanidine groups is 1. The SMILES string of the molecule is CN=C(NCCc1ccccc1)NCc1ccc(Oc2ccc(OC)cc2)nc1.I. The van der Waals surface area contributed by atoms with E-state index < -0.39 is 0 Å². The standard InChI is InChI=1S/C23H26N4O2.HI/c1-24-23(25-15-14-18-6-4-3-5-7-18)27-17-19-8-13-22(26-16-19)29-21-11-9-20(28-2)10-12-21;/h3-13,16H,14-15,17H2,1-2H3,(H2,24,25,27);1H. The van der Waals surface area contributed by atoms with Gasteiger partial charge in [0, 0.05) is 32.4 Å². The molecule has 0 aliphatic heterocycles. The molecule has 3 aromatic rings. The summed E-state index contributed by atoms with van der Waals surface area (Å²) in [4.78, 5) is 8.63. The van der Waals surface area contributed by atoms with Crippen LogP contribution in [0, 0.1) is 0 Å². The zero-order chi connectivity index (χ0) is 20.3. The van der Waals surface area contributed by atoms with Crippen LogP contribution in [0.5, 0.6) is 17.4 Å². The normalized spacial score (nSPS) is 10.7. The van der Waals surface area contributed by atoms with Gasteiger partial charge in [-0.25, -0.2) is 4.98 Å². The third kappa shape index (κ3) is 7.55. The van der Waals surface area contributed by atoms with E-state index in [-0.39, 0.29) is 24.0 Å². The lowest BCUT2D eigenvalue weighted by molar-refractivity contribution is 0.412. The third-order valence-corrected chi connectivity index (χ3v) is 4.31. The summed E-state index contributed by atoms with van der Waals surface area (Å²) in [5.41, 5.74) is 2.34. The highest BCUT2D eigenvalue weighted by Gasteiger charge is 2.02. The van der Waals surface area contributed by atoms with Gasteiger partial charge in [-0.05, 0) is 41.8 Å². The number of ether oxygens (including phenoxy) is 2. The largest absolute Gasteiger partial charge is 0.497 e. The van der Waals surface area contributed by atoms with Crippen molar-refractivity contribution >= 4 is 29.9 Å². The zero-order valence-corrected chi connectivity index (χ0v) is 19.5. The highest BCUT2D eigenvalue weighted by molar-refractivity contribution is 14.0. The Morgan fingerprint density at radius 3 is 2.27 bits per heavy atom. The molecule has 0 fully saturated rings. The van der Waals surface area contributed by atoms with Gasteiger partial charge in [-0.1, -0.05) is 36.4 Å². The van der Waals surface area contributed by atoms with E-state index in [0.717, 1.165) is 30.2 Å². The van der Waals surface area contributed by atoms with Crippen LogP contribution < -0.4 is 20.1 Å². The lowest BCUT2D eigenvalue weighted by Crippen LogP contribution is -2.37. The Hall–Kier alpha value is -2.81. The molecule has 0 radical (unpaired) electrons. The lowest BCUT2D eigenvalue weighted by atomic mass is 10.1. The number of aromatic nitrogens is 1. The highest BCUT2D eigenvalue weighted by atomic mass is 127. The maximum atomic E-state index is 5.75. The van der Waals surface area contributed by atoms with E-state index in [1.165, 1.54) is 5.56 Å². The van der Waals surface area contributed by atoms with Crippen LogP contribution in [0.3, 0.4) is 0 Å². The predicted octanol–water partition coefficient (Wildman–Crippen LogP) is 4.41. The Bertz CT molecular complexity index is 901. The maximum absolute atomic E-state index is 5.75. The van der Waals surface area contributed by atoms with Crippen LogP contribution in [0.1, 0.15) is 11.1 Å². The van der Waals surface area contributed by atoms with E-state index in [2.05, 4.69) is 44.9 Å². The molecule has 0 saturated heterocycles. The van der Waals surface area contributed by atoms with Gasteiger partial charge in [0.25, 0.3) is 0 Å². The second-order valence-electron chi connectivity index (χ2n) is 6.37. The third-order valence-electron chi connectivity index (χ3n) is 4.31. The number of hydrogen-bond acceptors (Lipinski definition) is 4. The fourth-order valence-corrected chi connectivity index (χ4v) is 2.72. The number of pyridine rings is 1. The van der Waals surface area contributed by atoms with Crippen molar-refractivity contribution in [3.8, 4) is 17.4 Å². The van der Waals surface area contributed by atoms with Crippen molar-refractivity contribution in [1.29, 1.82) is 0 Å². The van der Waals surface area contributed by atoms with Crippen LogP contribution in [0.25, 0.3) is 0 Å². The molecule has 3 rings (SSSR count). The topological polar surface area (TPSA) is 67.8 Å². The molecule has 0 aliphatic rings. The molecule has 0 bridgehead atoms. The van der Waals surface area contributed by atoms with Crippen molar-refractivity contribution in [2.24, 2.45) is 4.99 Å². The average Bonchev–Trinajstić information content (AvgIpc) is 2.78. The lowest BCUT2D eigenvalue weighted by Gasteiger charge is -2.12. The Kier molecular flexibility index (Phi) is 9.93. The van der Waals surface area contributed by atoms with Gasteiger partial charge in [0.05, 0.1) is 7.11 Å². The number of nitrogens with one attached hydrogen (secondary N) is 2. The van der Waals surface area contributed by atoms with E-state index in [4.69, 9.17) is 9.47 Å². The number of halogens is 1. The summed E-state index contributed by atoms with van der Waals surface area (Å²) in [6.07, 6.45) is 2.74. The molecule has 0 unspecified atom stereocenters. The van der Waals surface area contributed by atoms with E-state index in [0.29, 0.717) is 18.2 Å². The van der Waals surface area contributed by atoms with Crippen molar-refractivity contribution in [1.82, 2.24) is 15.6 Å². The van der Waals surface area contributed by atoms with Crippen LogP contribution in [-0.2, 0) is 13.0 Å². The molecule has 2 aromatic carbocycles. The summed E-state index contributed by atoms with van der Waals surface area (Å²) >= 11 is 0. The van der Waals surface area contributed by atoms with Crippen molar-refractivity contribution < 1.29 is 9.47 Å². The molecule has 7 heteroatoms. The summed E-state index contributed by atoms with van der Waals surface area (Å²) in [6, 6.07) is 21.6. The first kappa shape index (κ1) is 23.5. The van der Waals surface area contributed by atoms with Gasteiger partial charge in [0.15, 0.2) is 5.96 Å². The van der Waals surface area contributed by atoms with E-state index in [1.54, 1.807) is 20.4 Å². The minimum Gasteiger partial charge on any atom is -0.497 e. The Morgan fingerprint density at radius 2 is 1.63 bits per heavy atom. The van der Waals surface area contributed by atoms with Crippen LogP contribution in [0.4, 0.5) is 0 Å². The second kappa shape index (κ2) is 12.7. The van der Waals surface area contributed by atoms with Crippen molar-refractivity contribution in [2.45, 2.75) is 13.0 Å². The zero-order valence-electron chi connectivity index (χ0n) is 17.2. The fraction of sp³-hybridized carbons (Fsp3) is 0.217. The van der Waals surface area contributed by atoms with E-state index in [9.17, 15) is 0 Å². The quantitative estimate of drug-likeness (QED) is 0.263. The summed E-state index contributed by atoms with van der Waals surface area (Å²) in [6.45, 7) is 1.44. The number of nitrogens with zero attached hydrogens (tertiary/aromatic N) is 2. The minimum atomic E-state index is 0. The van der Waals surface area contributed by atoms with Gasteiger partial charge in [0.1, 0.15) is 11.5 Å². The molecule has 6 nitrogen and oxygen atoms in total. The molecular weight excluding hydrogens is 491 g/mol. The summed E-state index contributed by atoms with van der Waals surface area (Å²) in [5.74, 6) is 2.81. The predicted molar refractivity (Wildman–Crippen MR) is 131 cm³/mol. The van der Waals surface area contributed by atoms with Gasteiger partial charge < -0.3 is 20.1 Å². The molecule has 158 valence electrons. The molecule has 30 heavy (non-hydrogen) atoms. The number of aliphatic imine (C=N–C) groups is 1. The second-order valence-corrected chi connectivity index (χ2v) is 6.37. The summed E-state index contributed by atoms with van der Waals surface area (Å²) in [5, 5.41) is 6.62. The molecule has 0 atom stereocenters. The first-order valence-electron chi connectivity index (χ1n) is 9.52. The van der Waals surface area contributed by atoms with Gasteiger partial charge in [0.2, 0.25) is 5.88 Å². The molecule has 0 amide bonds. The van der Waals surface area contributed by atoms with E-state index >= 15 is 0 Å². The van der Waals surface area contributed by atoms with Crippen LogP contribution in [0.2, 0.25) is 0 Å². The fourth-order valence-electron chi connectivity index (χ4n) is 2.72. The molecule has 0 aliphatic carbocycles. The van der Waals surface area contributed by atoms with Crippen LogP contribution in [-0.4, -0.2) is 31.6 Å². The molecular formula is C23H27IN4O2. The molecule has 0 spiro atoms. The van der Waals surface area contributed by atoms with Crippen molar-refractivity contribution in [2.75, 3.05) is 20.7 Å². The Labute approximate surface area is 194 Å². The number of hydrogen-bond donors (Lipinski definition) is 2. The molecule has 1 heterocycles. The highest BCUT2D eigenvalue weighted by Crippen LogP contribution is 2.22. The van der Waals surface area contributed by atoms with Gasteiger partial charge >= 0.3 is 0 Å². The molecule has 0 saturated carbocycles. The maximum Gasteiger partial charge on any atom is 0.219 e. The first-order valence-corrected chi connectivity index (χ1v) is 9.52. The van der Waals surface area contributed by atoms with E-state index in [1.807, 2.05) is 42.5 Å². The van der Waals surface area contributed by atoms with Crippen LogP contribution >= 0.6 is 24.0 Å². The monoisotopic (exact) mass is 518 g/mol. The first-order chi connectivity index (χ1) is 14.3. The van der Waals surface area contributed by atoms with Crippen molar-refractivity contribution in [3.05, 3.63) is 84.1 Å². The van der Waals surface area contributed by atoms with Gasteiger partial charge in [-0.15, -0.1) is 24.0 Å². The van der Waals surface area contributed by atoms with Crippen LogP contribution in [0.15, 0.2) is 77.9 Å². The minimum absolute atomic E-state index is 0. The Morgan fingerprint density at radius 1 is 0.900 bits per heavy atom. The van der Waals surface area contributed by atoms with Crippen molar-refractivity contribution in [3.63, 3.8) is 0 Å².